The van der Waals surface area contributed by atoms with Crippen molar-refractivity contribution in [2.75, 3.05) is 5.01 Å². The van der Waals surface area contributed by atoms with Crippen LogP contribution in [0.5, 0.6) is 0 Å². The molecule has 1 aromatic heterocycles. The van der Waals surface area contributed by atoms with Crippen molar-refractivity contribution in [1.29, 1.82) is 0 Å². The van der Waals surface area contributed by atoms with Gasteiger partial charge in [0.1, 0.15) is 0 Å². The van der Waals surface area contributed by atoms with E-state index >= 15 is 0 Å². The molecule has 0 saturated carbocycles. The normalized spacial score (nSPS) is 15.2. The van der Waals surface area contributed by atoms with E-state index in [2.05, 4.69) is 155 Å². The van der Waals surface area contributed by atoms with Crippen LogP contribution in [-0.4, -0.2) is 10.3 Å². The summed E-state index contributed by atoms with van der Waals surface area (Å²) in [6.45, 7) is 0. The zero-order valence-electron chi connectivity index (χ0n) is 22.0. The Balaban J connectivity index is 1.36. The Bertz CT molecular complexity index is 1980. The van der Waals surface area contributed by atoms with Crippen LogP contribution in [0.25, 0.3) is 38.3 Å². The van der Waals surface area contributed by atoms with Gasteiger partial charge in [0.15, 0.2) is 0 Å². The number of hydrogen-bond donors (Lipinski definition) is 0. The molecule has 7 aromatic rings. The summed E-state index contributed by atoms with van der Waals surface area (Å²) in [7, 11) is 0. The van der Waals surface area contributed by atoms with Crippen LogP contribution in [0.2, 0.25) is 0 Å². The molecule has 1 atom stereocenters. The van der Waals surface area contributed by atoms with Crippen molar-refractivity contribution >= 4 is 44.0 Å². The van der Waals surface area contributed by atoms with E-state index in [1.807, 2.05) is 0 Å². The first-order chi connectivity index (χ1) is 19.9. The van der Waals surface area contributed by atoms with Gasteiger partial charge in [-0.15, -0.1) is 0 Å². The van der Waals surface area contributed by atoms with E-state index in [1.165, 1.54) is 49.4 Å². The van der Waals surface area contributed by atoms with Crippen LogP contribution in [0, 0.1) is 0 Å². The molecule has 0 bridgehead atoms. The predicted octanol–water partition coefficient (Wildman–Crippen LogP) is 9.29. The fourth-order valence-electron chi connectivity index (χ4n) is 6.32. The minimum Gasteiger partial charge on any atom is -0.309 e. The fraction of sp³-hybridized carbons (Fsp3) is 0.0541. The molecule has 0 fully saturated rings. The molecule has 1 unspecified atom stereocenters. The van der Waals surface area contributed by atoms with Crippen LogP contribution in [0.1, 0.15) is 23.6 Å². The van der Waals surface area contributed by atoms with Gasteiger partial charge < -0.3 is 4.57 Å². The van der Waals surface area contributed by atoms with Gasteiger partial charge in [-0.3, -0.25) is 5.01 Å². The molecule has 8 rings (SSSR count). The maximum atomic E-state index is 5.27. The second kappa shape index (κ2) is 9.25. The molecule has 1 aliphatic heterocycles. The van der Waals surface area contributed by atoms with Gasteiger partial charge in [-0.1, -0.05) is 121 Å². The first-order valence-corrected chi connectivity index (χ1v) is 13.8. The Hall–Kier alpha value is -5.15. The summed E-state index contributed by atoms with van der Waals surface area (Å²) in [5.41, 5.74) is 8.30. The largest absolute Gasteiger partial charge is 0.309 e. The van der Waals surface area contributed by atoms with E-state index in [0.29, 0.717) is 0 Å². The van der Waals surface area contributed by atoms with Crippen LogP contribution in [-0.2, 0) is 0 Å². The zero-order chi connectivity index (χ0) is 26.5. The lowest BCUT2D eigenvalue weighted by Gasteiger charge is -2.26. The Morgan fingerprint density at radius 2 is 0.975 bits per heavy atom. The highest BCUT2D eigenvalue weighted by Crippen LogP contribution is 2.42. The summed E-state index contributed by atoms with van der Waals surface area (Å²) in [5.74, 6) is 0. The second-order valence-electron chi connectivity index (χ2n) is 10.4. The van der Waals surface area contributed by atoms with Crippen molar-refractivity contribution in [1.82, 2.24) is 4.57 Å². The van der Waals surface area contributed by atoms with Gasteiger partial charge >= 0.3 is 0 Å². The highest BCUT2D eigenvalue weighted by Gasteiger charge is 2.31. The van der Waals surface area contributed by atoms with Crippen molar-refractivity contribution in [2.24, 2.45) is 5.10 Å². The number of fused-ring (bicyclic) bond motifs is 4. The number of nitrogens with zero attached hydrogens (tertiary/aromatic N) is 3. The standard InChI is InChI=1S/C37H27N3/c1-3-13-26(14-4-1)32-25-37(27-15-5-2-6-16-27)40(38-32)36-24-23-35(30-17-7-8-20-31(30)36)39-33-21-11-9-18-28(33)29-19-10-12-22-34(29)39/h1-24,37H,25H2. The third-order valence-electron chi connectivity index (χ3n) is 8.15. The van der Waals surface area contributed by atoms with Crippen molar-refractivity contribution < 1.29 is 0 Å². The maximum Gasteiger partial charge on any atom is 0.0832 e. The summed E-state index contributed by atoms with van der Waals surface area (Å²) in [6.07, 6.45) is 0.858. The zero-order valence-corrected chi connectivity index (χ0v) is 22.0. The average molecular weight is 514 g/mol. The highest BCUT2D eigenvalue weighted by molar-refractivity contribution is 6.11. The predicted molar refractivity (Wildman–Crippen MR) is 168 cm³/mol. The first kappa shape index (κ1) is 22.8. The van der Waals surface area contributed by atoms with E-state index in [-0.39, 0.29) is 6.04 Å². The van der Waals surface area contributed by atoms with Crippen LogP contribution >= 0.6 is 0 Å². The summed E-state index contributed by atoms with van der Waals surface area (Å²) < 4.78 is 2.41. The van der Waals surface area contributed by atoms with Gasteiger partial charge in [-0.05, 0) is 35.4 Å². The van der Waals surface area contributed by atoms with Crippen LogP contribution in [0.4, 0.5) is 5.69 Å². The number of hydrogen-bond acceptors (Lipinski definition) is 2. The number of hydrazone groups is 1. The monoisotopic (exact) mass is 513 g/mol. The minimum absolute atomic E-state index is 0.124. The van der Waals surface area contributed by atoms with E-state index < -0.39 is 0 Å². The van der Waals surface area contributed by atoms with Gasteiger partial charge in [0.05, 0.1) is 34.2 Å². The Morgan fingerprint density at radius 1 is 0.475 bits per heavy atom. The minimum atomic E-state index is 0.124. The molecular weight excluding hydrogens is 486 g/mol. The Kier molecular flexibility index (Phi) is 5.27. The second-order valence-corrected chi connectivity index (χ2v) is 10.4. The lowest BCUT2D eigenvalue weighted by atomic mass is 9.97. The fourth-order valence-corrected chi connectivity index (χ4v) is 6.32. The van der Waals surface area contributed by atoms with Crippen molar-refractivity contribution in [3.63, 3.8) is 0 Å². The molecule has 1 aliphatic rings. The number of anilines is 1. The molecule has 0 aliphatic carbocycles. The Labute approximate surface area is 233 Å². The molecular formula is C37H27N3. The third kappa shape index (κ3) is 3.55. The van der Waals surface area contributed by atoms with Crippen LogP contribution in [0.3, 0.4) is 0 Å². The van der Waals surface area contributed by atoms with Gasteiger partial charge in [-0.2, -0.15) is 5.10 Å². The van der Waals surface area contributed by atoms with Crippen LogP contribution in [0.15, 0.2) is 151 Å². The lowest BCUT2D eigenvalue weighted by Crippen LogP contribution is -2.19. The van der Waals surface area contributed by atoms with Crippen LogP contribution < -0.4 is 5.01 Å². The number of aromatic nitrogens is 1. The van der Waals surface area contributed by atoms with Gasteiger partial charge in [-0.25, -0.2) is 0 Å². The topological polar surface area (TPSA) is 20.5 Å². The third-order valence-corrected chi connectivity index (χ3v) is 8.15. The smallest absolute Gasteiger partial charge is 0.0832 e. The molecule has 0 saturated heterocycles. The van der Waals surface area contributed by atoms with E-state index in [1.54, 1.807) is 0 Å². The van der Waals surface area contributed by atoms with Crippen molar-refractivity contribution in [3.8, 4) is 5.69 Å². The van der Waals surface area contributed by atoms with Gasteiger partial charge in [0.25, 0.3) is 0 Å². The Morgan fingerprint density at radius 3 is 1.62 bits per heavy atom. The molecule has 0 spiro atoms. The van der Waals surface area contributed by atoms with Crippen molar-refractivity contribution in [3.05, 3.63) is 157 Å². The summed E-state index contributed by atoms with van der Waals surface area (Å²) in [5, 5.41) is 12.5. The van der Waals surface area contributed by atoms with Crippen molar-refractivity contribution in [2.45, 2.75) is 12.5 Å². The number of para-hydroxylation sites is 2. The SMILES string of the molecule is c1ccc(C2=NN(c3ccc(-n4c5ccccc5c5ccccc54)c4ccccc34)C(c3ccccc3)C2)cc1. The quantitative estimate of drug-likeness (QED) is 0.230. The molecule has 0 radical (unpaired) electrons. The first-order valence-electron chi connectivity index (χ1n) is 13.8. The van der Waals surface area contributed by atoms with Gasteiger partial charge in [0, 0.05) is 28.0 Å². The molecule has 2 heterocycles. The molecule has 3 heteroatoms. The summed E-state index contributed by atoms with van der Waals surface area (Å²) in [4.78, 5) is 0. The average Bonchev–Trinajstić information content (AvgIpc) is 3.62. The van der Waals surface area contributed by atoms with E-state index in [0.717, 1.165) is 17.8 Å². The summed E-state index contributed by atoms with van der Waals surface area (Å²) >= 11 is 0. The molecule has 3 nitrogen and oxygen atoms in total. The maximum absolute atomic E-state index is 5.27. The molecule has 0 N–H and O–H groups in total. The molecule has 190 valence electrons. The molecule has 40 heavy (non-hydrogen) atoms. The number of benzene rings is 6. The van der Waals surface area contributed by atoms with Gasteiger partial charge in [0.2, 0.25) is 0 Å². The molecule has 0 amide bonds. The molecule has 6 aromatic carbocycles. The summed E-state index contributed by atoms with van der Waals surface area (Å²) in [6, 6.07) is 52.1. The number of rotatable bonds is 4. The van der Waals surface area contributed by atoms with E-state index in [4.69, 9.17) is 5.10 Å². The highest BCUT2D eigenvalue weighted by atomic mass is 15.5. The lowest BCUT2D eigenvalue weighted by molar-refractivity contribution is 0.711. The van der Waals surface area contributed by atoms with E-state index in [9.17, 15) is 0 Å².